The van der Waals surface area contributed by atoms with Crippen molar-refractivity contribution in [3.05, 3.63) is 71.3 Å². The first-order chi connectivity index (χ1) is 14.0. The normalized spacial score (nSPS) is 32.8. The number of aryl methyl sites for hydroxylation is 2. The molecule has 0 amide bonds. The summed E-state index contributed by atoms with van der Waals surface area (Å²) >= 11 is 0. The van der Waals surface area contributed by atoms with Gasteiger partial charge < -0.3 is 9.84 Å². The van der Waals surface area contributed by atoms with E-state index in [0.29, 0.717) is 17.6 Å². The molecule has 2 nitrogen and oxygen atoms in total. The maximum absolute atomic E-state index is 10.6. The number of hydrogen-bond donors (Lipinski definition) is 1. The average molecular weight is 389 g/mol. The summed E-state index contributed by atoms with van der Waals surface area (Å²) in [4.78, 5) is 0. The van der Waals surface area contributed by atoms with Gasteiger partial charge in [-0.2, -0.15) is 0 Å². The molecule has 5 rings (SSSR count). The van der Waals surface area contributed by atoms with E-state index in [9.17, 15) is 5.11 Å². The minimum Gasteiger partial charge on any atom is -0.457 e. The lowest BCUT2D eigenvalue weighted by atomic mass is 9.55. The molecular formula is C27H32O2. The second-order valence-corrected chi connectivity index (χ2v) is 9.81. The first kappa shape index (κ1) is 18.9. The molecule has 2 heteroatoms. The molecule has 0 spiro atoms. The van der Waals surface area contributed by atoms with Crippen LogP contribution in [0.15, 0.2) is 49.0 Å². The van der Waals surface area contributed by atoms with E-state index in [0.717, 1.165) is 36.5 Å². The van der Waals surface area contributed by atoms with Crippen LogP contribution in [-0.4, -0.2) is 11.2 Å². The molecule has 2 aromatic carbocycles. The molecule has 0 radical (unpaired) electrons. The smallest absolute Gasteiger partial charge is 0.127 e. The van der Waals surface area contributed by atoms with E-state index < -0.39 is 0 Å². The number of aliphatic hydroxyl groups excluding tert-OH is 1. The number of ether oxygens (including phenoxy) is 1. The molecule has 0 saturated heterocycles. The standard InChI is InChI=1S/C27H32O2/c1-17-5-4-6-19(15-17)18(2)29-21-8-10-22-20(16-21)7-9-24-23(22)13-14-27(3)25(24)11-12-26(27)28/h4-6,8,10,15-16,23-26,28H,2,7,9,11-14H2,1,3H3/t23-,24-,25+,26-,27+/m1/s1. The molecule has 152 valence electrons. The van der Waals surface area contributed by atoms with Crippen LogP contribution in [0.3, 0.4) is 0 Å². The molecule has 5 atom stereocenters. The molecule has 0 unspecified atom stereocenters. The van der Waals surface area contributed by atoms with Gasteiger partial charge in [-0.25, -0.2) is 0 Å². The number of benzene rings is 2. The topological polar surface area (TPSA) is 29.5 Å². The van der Waals surface area contributed by atoms with Crippen LogP contribution in [0.5, 0.6) is 5.75 Å². The summed E-state index contributed by atoms with van der Waals surface area (Å²) in [7, 11) is 0. The molecular weight excluding hydrogens is 356 g/mol. The van der Waals surface area contributed by atoms with E-state index in [1.807, 2.05) is 12.1 Å². The van der Waals surface area contributed by atoms with Crippen molar-refractivity contribution in [3.8, 4) is 5.75 Å². The highest BCUT2D eigenvalue weighted by Crippen LogP contribution is 2.60. The summed E-state index contributed by atoms with van der Waals surface area (Å²) in [5.74, 6) is 3.66. The van der Waals surface area contributed by atoms with Gasteiger partial charge in [-0.05, 0) is 97.9 Å². The minimum absolute atomic E-state index is 0.0988. The van der Waals surface area contributed by atoms with Crippen LogP contribution in [0.1, 0.15) is 67.2 Å². The van der Waals surface area contributed by atoms with Gasteiger partial charge in [0.1, 0.15) is 11.5 Å². The van der Waals surface area contributed by atoms with Crippen LogP contribution in [0.25, 0.3) is 5.76 Å². The van der Waals surface area contributed by atoms with Crippen molar-refractivity contribution in [2.75, 3.05) is 0 Å². The van der Waals surface area contributed by atoms with Crippen LogP contribution < -0.4 is 4.74 Å². The summed E-state index contributed by atoms with van der Waals surface area (Å²) in [5, 5.41) is 10.6. The lowest BCUT2D eigenvalue weighted by Crippen LogP contribution is -2.43. The van der Waals surface area contributed by atoms with Crippen LogP contribution in [0.4, 0.5) is 0 Å². The Morgan fingerprint density at radius 3 is 2.79 bits per heavy atom. The molecule has 2 aromatic rings. The highest BCUT2D eigenvalue weighted by Gasteiger charge is 2.54. The first-order valence-electron chi connectivity index (χ1n) is 11.2. The Morgan fingerprint density at radius 2 is 1.97 bits per heavy atom. The van der Waals surface area contributed by atoms with Crippen molar-refractivity contribution in [2.45, 2.75) is 64.4 Å². The highest BCUT2D eigenvalue weighted by atomic mass is 16.5. The fourth-order valence-electron chi connectivity index (χ4n) is 6.61. The van der Waals surface area contributed by atoms with Crippen LogP contribution in [0.2, 0.25) is 0 Å². The summed E-state index contributed by atoms with van der Waals surface area (Å²) in [5.41, 5.74) is 5.37. The Bertz CT molecular complexity index is 945. The predicted octanol–water partition coefficient (Wildman–Crippen LogP) is 6.26. The molecule has 29 heavy (non-hydrogen) atoms. The molecule has 0 heterocycles. The van der Waals surface area contributed by atoms with E-state index >= 15 is 0 Å². The molecule has 2 fully saturated rings. The monoisotopic (exact) mass is 388 g/mol. The van der Waals surface area contributed by atoms with E-state index in [4.69, 9.17) is 4.74 Å². The summed E-state index contributed by atoms with van der Waals surface area (Å²) < 4.78 is 6.13. The molecule has 0 aliphatic heterocycles. The van der Waals surface area contributed by atoms with Crippen molar-refractivity contribution in [3.63, 3.8) is 0 Å². The lowest BCUT2D eigenvalue weighted by molar-refractivity contribution is -0.0226. The van der Waals surface area contributed by atoms with Gasteiger partial charge >= 0.3 is 0 Å². The Labute approximate surface area is 174 Å². The van der Waals surface area contributed by atoms with Gasteiger partial charge in [0.2, 0.25) is 0 Å². The number of aliphatic hydroxyl groups is 1. The molecule has 3 aliphatic rings. The minimum atomic E-state index is -0.0988. The fourth-order valence-corrected chi connectivity index (χ4v) is 6.61. The maximum atomic E-state index is 10.6. The molecule has 0 bridgehead atoms. The van der Waals surface area contributed by atoms with Crippen molar-refractivity contribution >= 4 is 5.76 Å². The van der Waals surface area contributed by atoms with E-state index in [2.05, 4.69) is 50.8 Å². The summed E-state index contributed by atoms with van der Waals surface area (Å²) in [6.45, 7) is 8.57. The zero-order chi connectivity index (χ0) is 20.2. The quantitative estimate of drug-likeness (QED) is 0.629. The zero-order valence-corrected chi connectivity index (χ0v) is 17.7. The summed E-state index contributed by atoms with van der Waals surface area (Å²) in [6.07, 6.45) is 6.81. The van der Waals surface area contributed by atoms with Gasteiger partial charge in [0.25, 0.3) is 0 Å². The Hall–Kier alpha value is -2.06. The van der Waals surface area contributed by atoms with Gasteiger partial charge in [0.05, 0.1) is 6.10 Å². The van der Waals surface area contributed by atoms with Gasteiger partial charge in [0, 0.05) is 5.56 Å². The van der Waals surface area contributed by atoms with E-state index in [1.54, 1.807) is 0 Å². The molecule has 2 saturated carbocycles. The predicted molar refractivity (Wildman–Crippen MR) is 118 cm³/mol. The number of rotatable bonds is 3. The van der Waals surface area contributed by atoms with Crippen LogP contribution >= 0.6 is 0 Å². The Balaban J connectivity index is 1.37. The second-order valence-electron chi connectivity index (χ2n) is 9.81. The van der Waals surface area contributed by atoms with E-state index in [1.165, 1.54) is 36.0 Å². The third kappa shape index (κ3) is 3.13. The van der Waals surface area contributed by atoms with Gasteiger partial charge in [0.15, 0.2) is 0 Å². The molecule has 1 N–H and O–H groups in total. The van der Waals surface area contributed by atoms with Crippen molar-refractivity contribution in [1.29, 1.82) is 0 Å². The Kier molecular flexibility index (Phi) is 4.58. The number of hydrogen-bond acceptors (Lipinski definition) is 2. The lowest BCUT2D eigenvalue weighted by Gasteiger charge is -2.50. The number of fused-ring (bicyclic) bond motifs is 5. The van der Waals surface area contributed by atoms with Gasteiger partial charge in [-0.3, -0.25) is 0 Å². The second kappa shape index (κ2) is 7.02. The fraction of sp³-hybridized carbons (Fsp3) is 0.481. The third-order valence-electron chi connectivity index (χ3n) is 8.23. The molecule has 0 aromatic heterocycles. The summed E-state index contributed by atoms with van der Waals surface area (Å²) in [6, 6.07) is 15.0. The van der Waals surface area contributed by atoms with E-state index in [-0.39, 0.29) is 11.5 Å². The Morgan fingerprint density at radius 1 is 1.10 bits per heavy atom. The first-order valence-corrected chi connectivity index (χ1v) is 11.2. The largest absolute Gasteiger partial charge is 0.457 e. The average Bonchev–Trinajstić information content (AvgIpc) is 3.02. The van der Waals surface area contributed by atoms with Crippen molar-refractivity contribution in [1.82, 2.24) is 0 Å². The van der Waals surface area contributed by atoms with Crippen molar-refractivity contribution < 1.29 is 9.84 Å². The van der Waals surface area contributed by atoms with Crippen LogP contribution in [0, 0.1) is 24.2 Å². The maximum Gasteiger partial charge on any atom is 0.127 e. The molecule has 3 aliphatic carbocycles. The van der Waals surface area contributed by atoms with Gasteiger partial charge in [-0.15, -0.1) is 0 Å². The van der Waals surface area contributed by atoms with Crippen LogP contribution in [-0.2, 0) is 6.42 Å². The zero-order valence-electron chi connectivity index (χ0n) is 17.7. The third-order valence-corrected chi connectivity index (χ3v) is 8.23. The van der Waals surface area contributed by atoms with Gasteiger partial charge in [-0.1, -0.05) is 43.3 Å². The van der Waals surface area contributed by atoms with Crippen molar-refractivity contribution in [2.24, 2.45) is 17.3 Å². The SMILES string of the molecule is C=C(Oc1ccc2c(c1)CC[C@@H]1[C@@H]2CC[C@]2(C)[C@H](O)CC[C@@H]12)c1cccc(C)c1. The highest BCUT2D eigenvalue weighted by molar-refractivity contribution is 5.60.